The van der Waals surface area contributed by atoms with Crippen molar-refractivity contribution in [2.24, 2.45) is 0 Å². The molecule has 21 heavy (non-hydrogen) atoms. The Kier molecular flexibility index (Phi) is 3.51. The number of pyridine rings is 1. The molecule has 3 N–H and O–H groups in total. The molecule has 0 spiro atoms. The summed E-state index contributed by atoms with van der Waals surface area (Å²) in [6.45, 7) is 0. The number of anilines is 2. The molecule has 4 nitrogen and oxygen atoms in total. The maximum absolute atomic E-state index is 12.2. The Hall–Kier alpha value is -2.88. The minimum atomic E-state index is -0.0933. The van der Waals surface area contributed by atoms with Gasteiger partial charge in [-0.2, -0.15) is 0 Å². The Morgan fingerprint density at radius 3 is 2.76 bits per heavy atom. The van der Waals surface area contributed by atoms with Crippen LogP contribution in [-0.2, 0) is 11.2 Å². The highest BCUT2D eigenvalue weighted by atomic mass is 16.1. The molecule has 0 aliphatic rings. The van der Waals surface area contributed by atoms with E-state index >= 15 is 0 Å². The number of benzene rings is 2. The van der Waals surface area contributed by atoms with Gasteiger partial charge in [0.15, 0.2) is 0 Å². The number of aromatic nitrogens is 1. The van der Waals surface area contributed by atoms with E-state index in [1.54, 1.807) is 12.3 Å². The van der Waals surface area contributed by atoms with Crippen LogP contribution in [0.15, 0.2) is 60.8 Å². The van der Waals surface area contributed by atoms with E-state index in [9.17, 15) is 4.79 Å². The van der Waals surface area contributed by atoms with Crippen LogP contribution in [0.3, 0.4) is 0 Å². The maximum atomic E-state index is 12.2. The first-order valence-corrected chi connectivity index (χ1v) is 6.71. The summed E-state index contributed by atoms with van der Waals surface area (Å²) < 4.78 is 0. The van der Waals surface area contributed by atoms with Crippen molar-refractivity contribution in [1.29, 1.82) is 0 Å². The third-order valence-electron chi connectivity index (χ3n) is 3.33. The number of nitrogens with one attached hydrogen (secondary N) is 1. The standard InChI is InChI=1S/C17H15N3O/c18-14-7-2-1-5-12(14)11-17(21)20-16-9-3-8-15-13(16)6-4-10-19-15/h1-10H,11,18H2,(H,20,21). The van der Waals surface area contributed by atoms with Crippen LogP contribution >= 0.6 is 0 Å². The Labute approximate surface area is 122 Å². The largest absolute Gasteiger partial charge is 0.398 e. The number of hydrogen-bond donors (Lipinski definition) is 2. The van der Waals surface area contributed by atoms with E-state index in [1.165, 1.54) is 0 Å². The summed E-state index contributed by atoms with van der Waals surface area (Å²) in [5.41, 5.74) is 8.94. The summed E-state index contributed by atoms with van der Waals surface area (Å²) in [5, 5.41) is 3.85. The van der Waals surface area contributed by atoms with Crippen LogP contribution in [0.4, 0.5) is 11.4 Å². The van der Waals surface area contributed by atoms with Gasteiger partial charge < -0.3 is 11.1 Å². The lowest BCUT2D eigenvalue weighted by atomic mass is 10.1. The van der Waals surface area contributed by atoms with Gasteiger partial charge in [0, 0.05) is 17.3 Å². The molecule has 0 aliphatic carbocycles. The summed E-state index contributed by atoms with van der Waals surface area (Å²) in [6.07, 6.45) is 1.99. The Bertz CT molecular complexity index is 793. The summed E-state index contributed by atoms with van der Waals surface area (Å²) >= 11 is 0. The highest BCUT2D eigenvalue weighted by Crippen LogP contribution is 2.21. The second-order valence-corrected chi connectivity index (χ2v) is 4.80. The van der Waals surface area contributed by atoms with E-state index in [0.717, 1.165) is 22.2 Å². The van der Waals surface area contributed by atoms with E-state index < -0.39 is 0 Å². The van der Waals surface area contributed by atoms with E-state index in [0.29, 0.717) is 5.69 Å². The van der Waals surface area contributed by atoms with Crippen molar-refractivity contribution in [3.63, 3.8) is 0 Å². The molecule has 0 atom stereocenters. The Morgan fingerprint density at radius 1 is 1.05 bits per heavy atom. The third-order valence-corrected chi connectivity index (χ3v) is 3.33. The first-order valence-electron chi connectivity index (χ1n) is 6.71. The van der Waals surface area contributed by atoms with E-state index in [2.05, 4.69) is 10.3 Å². The monoisotopic (exact) mass is 277 g/mol. The molecule has 0 fully saturated rings. The molecule has 2 aromatic carbocycles. The molecule has 1 aromatic heterocycles. The third kappa shape index (κ3) is 2.84. The molecule has 3 aromatic rings. The summed E-state index contributed by atoms with van der Waals surface area (Å²) in [6, 6.07) is 16.8. The van der Waals surface area contributed by atoms with Crippen LogP contribution in [0.5, 0.6) is 0 Å². The molecule has 0 radical (unpaired) electrons. The van der Waals surface area contributed by atoms with Crippen molar-refractivity contribution in [2.45, 2.75) is 6.42 Å². The molecule has 0 aliphatic heterocycles. The van der Waals surface area contributed by atoms with Crippen molar-refractivity contribution in [3.05, 3.63) is 66.4 Å². The predicted octanol–water partition coefficient (Wildman–Crippen LogP) is 3.00. The van der Waals surface area contributed by atoms with E-state index in [4.69, 9.17) is 5.73 Å². The average Bonchev–Trinajstić information content (AvgIpc) is 2.50. The molecule has 0 saturated heterocycles. The topological polar surface area (TPSA) is 68.0 Å². The van der Waals surface area contributed by atoms with Crippen LogP contribution in [0.2, 0.25) is 0 Å². The number of nitrogens with two attached hydrogens (primary N) is 1. The van der Waals surface area contributed by atoms with Crippen molar-refractivity contribution in [3.8, 4) is 0 Å². The van der Waals surface area contributed by atoms with Crippen LogP contribution in [0, 0.1) is 0 Å². The van der Waals surface area contributed by atoms with Gasteiger partial charge in [-0.3, -0.25) is 9.78 Å². The second-order valence-electron chi connectivity index (χ2n) is 4.80. The van der Waals surface area contributed by atoms with Crippen molar-refractivity contribution >= 4 is 28.2 Å². The fraction of sp³-hybridized carbons (Fsp3) is 0.0588. The molecule has 0 bridgehead atoms. The number of amides is 1. The molecular formula is C17H15N3O. The number of nitrogen functional groups attached to an aromatic ring is 1. The summed E-state index contributed by atoms with van der Waals surface area (Å²) in [4.78, 5) is 16.5. The zero-order valence-corrected chi connectivity index (χ0v) is 11.4. The van der Waals surface area contributed by atoms with Gasteiger partial charge in [-0.15, -0.1) is 0 Å². The van der Waals surface area contributed by atoms with Gasteiger partial charge in [-0.25, -0.2) is 0 Å². The Balaban J connectivity index is 1.82. The minimum Gasteiger partial charge on any atom is -0.398 e. The van der Waals surface area contributed by atoms with E-state index in [1.807, 2.05) is 48.5 Å². The van der Waals surface area contributed by atoms with Crippen molar-refractivity contribution < 1.29 is 4.79 Å². The van der Waals surface area contributed by atoms with Gasteiger partial charge in [0.2, 0.25) is 5.91 Å². The van der Waals surface area contributed by atoms with Gasteiger partial charge in [-0.1, -0.05) is 24.3 Å². The number of carbonyl (C=O) groups excluding carboxylic acids is 1. The maximum Gasteiger partial charge on any atom is 0.228 e. The number of hydrogen-bond acceptors (Lipinski definition) is 3. The number of rotatable bonds is 3. The first kappa shape index (κ1) is 13.1. The Morgan fingerprint density at radius 2 is 1.90 bits per heavy atom. The van der Waals surface area contributed by atoms with Gasteiger partial charge in [0.25, 0.3) is 0 Å². The first-order chi connectivity index (χ1) is 10.2. The lowest BCUT2D eigenvalue weighted by Crippen LogP contribution is -2.15. The van der Waals surface area contributed by atoms with Crippen LogP contribution in [-0.4, -0.2) is 10.9 Å². The van der Waals surface area contributed by atoms with Crippen LogP contribution < -0.4 is 11.1 Å². The number of nitrogens with zero attached hydrogens (tertiary/aromatic N) is 1. The van der Waals surface area contributed by atoms with Gasteiger partial charge in [0.1, 0.15) is 0 Å². The quantitative estimate of drug-likeness (QED) is 0.723. The lowest BCUT2D eigenvalue weighted by molar-refractivity contribution is -0.115. The van der Waals surface area contributed by atoms with Crippen molar-refractivity contribution in [2.75, 3.05) is 11.1 Å². The zero-order valence-electron chi connectivity index (χ0n) is 11.4. The average molecular weight is 277 g/mol. The molecule has 0 saturated carbocycles. The molecule has 1 amide bonds. The zero-order chi connectivity index (χ0) is 14.7. The minimum absolute atomic E-state index is 0.0933. The number of para-hydroxylation sites is 1. The van der Waals surface area contributed by atoms with Gasteiger partial charge >= 0.3 is 0 Å². The second kappa shape index (κ2) is 5.63. The number of fused-ring (bicyclic) bond motifs is 1. The van der Waals surface area contributed by atoms with Gasteiger partial charge in [0.05, 0.1) is 17.6 Å². The molecule has 104 valence electrons. The molecule has 3 rings (SSSR count). The normalized spacial score (nSPS) is 10.5. The summed E-state index contributed by atoms with van der Waals surface area (Å²) in [5.74, 6) is -0.0933. The molecule has 0 unspecified atom stereocenters. The highest BCUT2D eigenvalue weighted by Gasteiger charge is 2.08. The fourth-order valence-electron chi connectivity index (χ4n) is 2.27. The number of carbonyl (C=O) groups is 1. The van der Waals surface area contributed by atoms with Crippen molar-refractivity contribution in [1.82, 2.24) is 4.98 Å². The fourth-order valence-corrected chi connectivity index (χ4v) is 2.27. The SMILES string of the molecule is Nc1ccccc1CC(=O)Nc1cccc2ncccc12. The predicted molar refractivity (Wildman–Crippen MR) is 84.9 cm³/mol. The summed E-state index contributed by atoms with van der Waals surface area (Å²) in [7, 11) is 0. The molecule has 1 heterocycles. The molecule has 4 heteroatoms. The smallest absolute Gasteiger partial charge is 0.228 e. The van der Waals surface area contributed by atoms with Crippen LogP contribution in [0.25, 0.3) is 10.9 Å². The van der Waals surface area contributed by atoms with Crippen LogP contribution in [0.1, 0.15) is 5.56 Å². The highest BCUT2D eigenvalue weighted by molar-refractivity contribution is 6.01. The van der Waals surface area contributed by atoms with Gasteiger partial charge in [-0.05, 0) is 35.9 Å². The molecular weight excluding hydrogens is 262 g/mol. The van der Waals surface area contributed by atoms with E-state index in [-0.39, 0.29) is 12.3 Å². The lowest BCUT2D eigenvalue weighted by Gasteiger charge is -2.09.